The minimum absolute atomic E-state index is 0.0263. The summed E-state index contributed by atoms with van der Waals surface area (Å²) in [5, 5.41) is 4.92. The van der Waals surface area contributed by atoms with E-state index >= 15 is 0 Å². The standard InChI is InChI=1S/C58H99N3O18/c1-2-3-4-5-6-7-8-9-10-11-12-13-16-24-67-26-28-69-30-32-71-34-36-73-38-40-75-42-44-77-46-48-79-49-47-78-45-43-76-41-39-74-37-35-72-33-31-70-29-27-68-25-17-14-15-21-53(62)59-51-20-18-19-50-55(51)58(66)61(57(50)65)52-22-23-54(63)60-56(52)64/h18-20,52H,2-17,21-49H2,1H3,(H,59,62)(H,60,63,64). The zero-order valence-corrected chi connectivity index (χ0v) is 47.9. The van der Waals surface area contributed by atoms with Gasteiger partial charge in [0.25, 0.3) is 11.8 Å². The van der Waals surface area contributed by atoms with Gasteiger partial charge in [0.15, 0.2) is 0 Å². The van der Waals surface area contributed by atoms with Crippen LogP contribution in [0.2, 0.25) is 0 Å². The van der Waals surface area contributed by atoms with E-state index in [4.69, 9.17) is 61.6 Å². The highest BCUT2D eigenvalue weighted by molar-refractivity contribution is 6.26. The van der Waals surface area contributed by atoms with E-state index in [9.17, 15) is 24.0 Å². The molecule has 1 saturated heterocycles. The van der Waals surface area contributed by atoms with Gasteiger partial charge in [-0.15, -0.1) is 0 Å². The molecule has 1 unspecified atom stereocenters. The Balaban J connectivity index is 0.913. The summed E-state index contributed by atoms with van der Waals surface area (Å²) in [6.07, 6.45) is 20.1. The number of ether oxygens (including phenoxy) is 13. The van der Waals surface area contributed by atoms with E-state index in [2.05, 4.69) is 17.6 Å². The number of hydrogen-bond donors (Lipinski definition) is 2. The van der Waals surface area contributed by atoms with Crippen LogP contribution in [0, 0.1) is 0 Å². The molecular formula is C58H99N3O18. The number of carbonyl (C=O) groups excluding carboxylic acids is 5. The van der Waals surface area contributed by atoms with Crippen LogP contribution in [0.4, 0.5) is 5.69 Å². The number of imide groups is 2. The summed E-state index contributed by atoms with van der Waals surface area (Å²) in [6, 6.07) is 3.53. The maximum atomic E-state index is 13.2. The fraction of sp³-hybridized carbons (Fsp3) is 0.810. The van der Waals surface area contributed by atoms with Crippen LogP contribution < -0.4 is 10.6 Å². The Morgan fingerprint density at radius 1 is 0.443 bits per heavy atom. The summed E-state index contributed by atoms with van der Waals surface area (Å²) in [7, 11) is 0. The van der Waals surface area contributed by atoms with Gasteiger partial charge in [0.05, 0.1) is 175 Å². The highest BCUT2D eigenvalue weighted by atomic mass is 16.6. The van der Waals surface area contributed by atoms with Gasteiger partial charge in [0.1, 0.15) is 6.04 Å². The van der Waals surface area contributed by atoms with Crippen molar-refractivity contribution in [2.75, 3.05) is 177 Å². The zero-order valence-electron chi connectivity index (χ0n) is 47.9. The van der Waals surface area contributed by atoms with Crippen LogP contribution in [0.15, 0.2) is 18.2 Å². The van der Waals surface area contributed by atoms with Crippen molar-refractivity contribution in [3.05, 3.63) is 29.3 Å². The largest absolute Gasteiger partial charge is 0.379 e. The smallest absolute Gasteiger partial charge is 0.264 e. The number of hydrogen-bond acceptors (Lipinski definition) is 18. The summed E-state index contributed by atoms with van der Waals surface area (Å²) in [5.74, 6) is -2.72. The second kappa shape index (κ2) is 50.2. The van der Waals surface area contributed by atoms with E-state index < -0.39 is 29.7 Å². The maximum absolute atomic E-state index is 13.2. The first-order valence-electron chi connectivity index (χ1n) is 29.6. The summed E-state index contributed by atoms with van der Waals surface area (Å²) in [5.41, 5.74) is 0.379. The molecule has 0 bridgehead atoms. The minimum atomic E-state index is -1.08. The molecule has 2 N–H and O–H groups in total. The second-order valence-corrected chi connectivity index (χ2v) is 19.2. The molecule has 21 heteroatoms. The van der Waals surface area contributed by atoms with Crippen LogP contribution in [0.1, 0.15) is 150 Å². The van der Waals surface area contributed by atoms with Crippen LogP contribution in [0.25, 0.3) is 0 Å². The number of benzene rings is 1. The van der Waals surface area contributed by atoms with Gasteiger partial charge in [-0.25, -0.2) is 0 Å². The highest BCUT2D eigenvalue weighted by Crippen LogP contribution is 2.32. The van der Waals surface area contributed by atoms with E-state index in [1.54, 1.807) is 12.1 Å². The Morgan fingerprint density at radius 3 is 1.13 bits per heavy atom. The third kappa shape index (κ3) is 35.8. The molecule has 21 nitrogen and oxygen atoms in total. The monoisotopic (exact) mass is 1130 g/mol. The topological polar surface area (TPSA) is 233 Å². The van der Waals surface area contributed by atoms with Crippen molar-refractivity contribution >= 4 is 35.2 Å². The van der Waals surface area contributed by atoms with Crippen LogP contribution in [0.5, 0.6) is 0 Å². The van der Waals surface area contributed by atoms with Gasteiger partial charge in [-0.2, -0.15) is 0 Å². The molecule has 2 aliphatic heterocycles. The van der Waals surface area contributed by atoms with E-state index in [1.807, 2.05) is 0 Å². The Hall–Kier alpha value is -3.55. The van der Waals surface area contributed by atoms with Crippen molar-refractivity contribution in [3.8, 4) is 0 Å². The van der Waals surface area contributed by atoms with Gasteiger partial charge in [0, 0.05) is 26.1 Å². The third-order valence-electron chi connectivity index (χ3n) is 12.8. The molecule has 454 valence electrons. The molecule has 0 spiro atoms. The number of nitrogens with zero attached hydrogens (tertiary/aromatic N) is 1. The summed E-state index contributed by atoms with van der Waals surface area (Å²) in [4.78, 5) is 63.7. The number of anilines is 1. The van der Waals surface area contributed by atoms with Crippen LogP contribution in [-0.2, 0) is 76.0 Å². The number of rotatable bonds is 58. The molecule has 0 saturated carbocycles. The lowest BCUT2D eigenvalue weighted by molar-refractivity contribution is -0.136. The Bertz CT molecular complexity index is 1710. The van der Waals surface area contributed by atoms with Gasteiger partial charge in [-0.1, -0.05) is 96.5 Å². The lowest BCUT2D eigenvalue weighted by atomic mass is 10.0. The average Bonchev–Trinajstić information content (AvgIpc) is 3.85. The van der Waals surface area contributed by atoms with Gasteiger partial charge >= 0.3 is 0 Å². The SMILES string of the molecule is CCCCCCCCCCCCCCCOCCOCCOCCOCCOCCOCCOCCOCCOCCOCCOCCOCCOCCCCCC(=O)Nc1cccc2c1C(=O)N(C1CCC(=O)NC1=O)C2=O. The molecule has 3 rings (SSSR count). The van der Waals surface area contributed by atoms with Crippen LogP contribution in [-0.4, -0.2) is 212 Å². The lowest BCUT2D eigenvalue weighted by Gasteiger charge is -2.27. The normalized spacial score (nSPS) is 14.4. The summed E-state index contributed by atoms with van der Waals surface area (Å²) in [6.45, 7) is 15.5. The summed E-state index contributed by atoms with van der Waals surface area (Å²) >= 11 is 0. The first kappa shape index (κ1) is 69.7. The fourth-order valence-corrected chi connectivity index (χ4v) is 8.46. The molecule has 0 radical (unpaired) electrons. The highest BCUT2D eigenvalue weighted by Gasteiger charge is 2.45. The number of amides is 5. The lowest BCUT2D eigenvalue weighted by Crippen LogP contribution is -2.54. The molecule has 1 aromatic carbocycles. The molecule has 1 atom stereocenters. The van der Waals surface area contributed by atoms with Crippen LogP contribution >= 0.6 is 0 Å². The molecule has 2 heterocycles. The Kier molecular flexibility index (Phi) is 44.3. The second-order valence-electron chi connectivity index (χ2n) is 19.2. The van der Waals surface area contributed by atoms with Gasteiger partial charge in [0.2, 0.25) is 17.7 Å². The molecule has 0 aliphatic carbocycles. The van der Waals surface area contributed by atoms with Crippen molar-refractivity contribution in [2.24, 2.45) is 0 Å². The maximum Gasteiger partial charge on any atom is 0.264 e. The Labute approximate surface area is 471 Å². The molecular weight excluding hydrogens is 1030 g/mol. The molecule has 1 aromatic rings. The van der Waals surface area contributed by atoms with Crippen molar-refractivity contribution in [3.63, 3.8) is 0 Å². The number of unbranched alkanes of at least 4 members (excludes halogenated alkanes) is 14. The average molecular weight is 1130 g/mol. The Morgan fingerprint density at radius 2 is 0.772 bits per heavy atom. The quantitative estimate of drug-likeness (QED) is 0.0499. The van der Waals surface area contributed by atoms with Crippen molar-refractivity contribution in [1.29, 1.82) is 0 Å². The number of carbonyl (C=O) groups is 5. The minimum Gasteiger partial charge on any atom is -0.379 e. The molecule has 1 fully saturated rings. The zero-order chi connectivity index (χ0) is 56.3. The fourth-order valence-electron chi connectivity index (χ4n) is 8.46. The van der Waals surface area contributed by atoms with E-state index in [-0.39, 0.29) is 42.0 Å². The molecule has 0 aromatic heterocycles. The first-order valence-corrected chi connectivity index (χ1v) is 29.6. The summed E-state index contributed by atoms with van der Waals surface area (Å²) < 4.78 is 72.3. The number of nitrogens with one attached hydrogen (secondary N) is 2. The molecule has 5 amide bonds. The van der Waals surface area contributed by atoms with Gasteiger partial charge in [-0.05, 0) is 37.8 Å². The van der Waals surface area contributed by atoms with Crippen LogP contribution in [0.3, 0.4) is 0 Å². The van der Waals surface area contributed by atoms with Crippen molar-refractivity contribution in [1.82, 2.24) is 10.2 Å². The molecule has 79 heavy (non-hydrogen) atoms. The third-order valence-corrected chi connectivity index (χ3v) is 12.8. The first-order chi connectivity index (χ1) is 38.9. The van der Waals surface area contributed by atoms with Crippen molar-refractivity contribution < 1.29 is 85.6 Å². The van der Waals surface area contributed by atoms with Gasteiger partial charge < -0.3 is 66.9 Å². The number of piperidine rings is 1. The predicted molar refractivity (Wildman–Crippen MR) is 297 cm³/mol. The van der Waals surface area contributed by atoms with Gasteiger partial charge in [-0.3, -0.25) is 34.2 Å². The van der Waals surface area contributed by atoms with E-state index in [0.717, 1.165) is 30.8 Å². The van der Waals surface area contributed by atoms with E-state index in [0.29, 0.717) is 172 Å². The predicted octanol–water partition coefficient (Wildman–Crippen LogP) is 6.89. The van der Waals surface area contributed by atoms with Crippen molar-refractivity contribution in [2.45, 2.75) is 135 Å². The number of fused-ring (bicyclic) bond motifs is 1. The molecule has 2 aliphatic rings. The van der Waals surface area contributed by atoms with E-state index in [1.165, 1.54) is 83.1 Å².